The fraction of sp³-hybridized carbons (Fsp3) is 0.933. The number of hydrogen-bond acceptors (Lipinski definition) is 2. The lowest BCUT2D eigenvalue weighted by Crippen LogP contribution is -2.50. The molecule has 4 heteroatoms. The Balaban J connectivity index is 0.00000180. The van der Waals surface area contributed by atoms with Crippen molar-refractivity contribution in [2.45, 2.75) is 71.9 Å². The number of halogens is 1. The van der Waals surface area contributed by atoms with Crippen molar-refractivity contribution in [1.82, 2.24) is 10.6 Å². The minimum absolute atomic E-state index is 0. The average Bonchev–Trinajstić information content (AvgIpc) is 2.63. The van der Waals surface area contributed by atoms with E-state index in [-0.39, 0.29) is 24.4 Å². The predicted molar refractivity (Wildman–Crippen MR) is 81.6 cm³/mol. The zero-order chi connectivity index (χ0) is 13.4. The van der Waals surface area contributed by atoms with Gasteiger partial charge in [-0.05, 0) is 49.5 Å². The van der Waals surface area contributed by atoms with E-state index in [2.05, 4.69) is 38.3 Å². The van der Waals surface area contributed by atoms with E-state index in [1.54, 1.807) is 0 Å². The molecule has 2 rings (SSSR count). The molecule has 1 saturated carbocycles. The lowest BCUT2D eigenvalue weighted by atomic mass is 9.63. The van der Waals surface area contributed by atoms with Crippen LogP contribution in [0.15, 0.2) is 0 Å². The largest absolute Gasteiger partial charge is 0.352 e. The number of hydrogen-bond donors (Lipinski definition) is 2. The molecule has 1 saturated heterocycles. The smallest absolute Gasteiger partial charge is 0.237 e. The van der Waals surface area contributed by atoms with Gasteiger partial charge in [0.2, 0.25) is 5.91 Å². The Morgan fingerprint density at radius 1 is 1.16 bits per heavy atom. The lowest BCUT2D eigenvalue weighted by Gasteiger charge is -2.45. The van der Waals surface area contributed by atoms with Crippen molar-refractivity contribution in [3.63, 3.8) is 0 Å². The maximum Gasteiger partial charge on any atom is 0.237 e. The quantitative estimate of drug-likeness (QED) is 0.820. The van der Waals surface area contributed by atoms with Crippen molar-refractivity contribution < 1.29 is 4.79 Å². The van der Waals surface area contributed by atoms with Crippen LogP contribution in [0.3, 0.4) is 0 Å². The molecule has 2 fully saturated rings. The SMILES string of the molecule is CC1(C)CC(NC(=O)[C@@H]2CCCN2)CC(C)(C)C1.Cl. The Labute approximate surface area is 123 Å². The molecule has 0 aromatic heterocycles. The number of rotatable bonds is 2. The van der Waals surface area contributed by atoms with E-state index in [0.717, 1.165) is 32.2 Å². The Hall–Kier alpha value is -0.280. The van der Waals surface area contributed by atoms with Crippen molar-refractivity contribution >= 4 is 18.3 Å². The van der Waals surface area contributed by atoms with E-state index < -0.39 is 0 Å². The summed E-state index contributed by atoms with van der Waals surface area (Å²) < 4.78 is 0. The second-order valence-electron chi connectivity index (χ2n) is 7.77. The van der Waals surface area contributed by atoms with E-state index >= 15 is 0 Å². The third-order valence-electron chi connectivity index (χ3n) is 4.28. The van der Waals surface area contributed by atoms with Gasteiger partial charge in [-0.25, -0.2) is 0 Å². The topological polar surface area (TPSA) is 41.1 Å². The molecule has 0 aromatic carbocycles. The summed E-state index contributed by atoms with van der Waals surface area (Å²) in [5, 5.41) is 6.55. The van der Waals surface area contributed by atoms with E-state index in [1.807, 2.05) is 0 Å². The fourth-order valence-corrected chi connectivity index (χ4v) is 4.16. The molecule has 3 nitrogen and oxygen atoms in total. The van der Waals surface area contributed by atoms with Crippen LogP contribution in [0.2, 0.25) is 0 Å². The second kappa shape index (κ2) is 6.01. The van der Waals surface area contributed by atoms with Crippen LogP contribution in [0.5, 0.6) is 0 Å². The molecule has 19 heavy (non-hydrogen) atoms. The first-order valence-corrected chi connectivity index (χ1v) is 7.31. The summed E-state index contributed by atoms with van der Waals surface area (Å²) in [4.78, 5) is 12.2. The van der Waals surface area contributed by atoms with Crippen molar-refractivity contribution in [3.8, 4) is 0 Å². The normalized spacial score (nSPS) is 29.6. The van der Waals surface area contributed by atoms with Crippen molar-refractivity contribution in [2.75, 3.05) is 6.54 Å². The van der Waals surface area contributed by atoms with Gasteiger partial charge in [-0.15, -0.1) is 12.4 Å². The Morgan fingerprint density at radius 2 is 1.74 bits per heavy atom. The van der Waals surface area contributed by atoms with Gasteiger partial charge in [0, 0.05) is 6.04 Å². The molecule has 0 radical (unpaired) electrons. The number of carbonyl (C=O) groups excluding carboxylic acids is 1. The first-order chi connectivity index (χ1) is 8.27. The molecule has 1 aliphatic carbocycles. The zero-order valence-corrected chi connectivity index (χ0v) is 13.5. The van der Waals surface area contributed by atoms with E-state index in [0.29, 0.717) is 16.9 Å². The van der Waals surface area contributed by atoms with E-state index in [4.69, 9.17) is 0 Å². The van der Waals surface area contributed by atoms with Gasteiger partial charge in [-0.2, -0.15) is 0 Å². The third kappa shape index (κ3) is 4.64. The molecule has 1 heterocycles. The summed E-state index contributed by atoms with van der Waals surface area (Å²) in [5.74, 6) is 0.214. The fourth-order valence-electron chi connectivity index (χ4n) is 4.16. The van der Waals surface area contributed by atoms with Crippen LogP contribution in [0.4, 0.5) is 0 Å². The molecule has 0 aromatic rings. The molecule has 1 atom stereocenters. The van der Waals surface area contributed by atoms with Gasteiger partial charge in [0.15, 0.2) is 0 Å². The van der Waals surface area contributed by atoms with Gasteiger partial charge in [0.1, 0.15) is 0 Å². The van der Waals surface area contributed by atoms with Crippen LogP contribution in [0.1, 0.15) is 59.8 Å². The average molecular weight is 289 g/mol. The molecule has 1 amide bonds. The summed E-state index contributed by atoms with van der Waals surface area (Å²) >= 11 is 0. The standard InChI is InChI=1S/C15H28N2O.ClH/c1-14(2)8-11(9-15(3,4)10-14)17-13(18)12-6-5-7-16-12;/h11-12,16H,5-10H2,1-4H3,(H,17,18);1H/t12-;/m0./s1. The van der Waals surface area contributed by atoms with Crippen LogP contribution >= 0.6 is 12.4 Å². The van der Waals surface area contributed by atoms with E-state index in [1.165, 1.54) is 6.42 Å². The first kappa shape index (κ1) is 16.8. The molecule has 112 valence electrons. The minimum Gasteiger partial charge on any atom is -0.352 e. The van der Waals surface area contributed by atoms with Crippen molar-refractivity contribution in [3.05, 3.63) is 0 Å². The van der Waals surface area contributed by atoms with Gasteiger partial charge >= 0.3 is 0 Å². The van der Waals surface area contributed by atoms with Crippen LogP contribution < -0.4 is 10.6 Å². The van der Waals surface area contributed by atoms with Crippen LogP contribution in [-0.4, -0.2) is 24.5 Å². The Bertz CT molecular complexity index is 306. The number of amides is 1. The number of carbonyl (C=O) groups is 1. The second-order valence-corrected chi connectivity index (χ2v) is 7.77. The van der Waals surface area contributed by atoms with Gasteiger partial charge < -0.3 is 10.6 Å². The molecular weight excluding hydrogens is 260 g/mol. The molecule has 0 bridgehead atoms. The summed E-state index contributed by atoms with van der Waals surface area (Å²) in [6, 6.07) is 0.400. The Kier molecular flexibility index (Phi) is 5.30. The van der Waals surface area contributed by atoms with Crippen LogP contribution in [-0.2, 0) is 4.79 Å². The van der Waals surface area contributed by atoms with E-state index in [9.17, 15) is 4.79 Å². The first-order valence-electron chi connectivity index (χ1n) is 7.31. The highest BCUT2D eigenvalue weighted by Crippen LogP contribution is 2.45. The molecule has 1 aliphatic heterocycles. The van der Waals surface area contributed by atoms with Gasteiger partial charge in [-0.1, -0.05) is 27.7 Å². The molecular formula is C15H29ClN2O. The highest BCUT2D eigenvalue weighted by molar-refractivity contribution is 5.85. The van der Waals surface area contributed by atoms with Gasteiger partial charge in [0.05, 0.1) is 6.04 Å². The summed E-state index contributed by atoms with van der Waals surface area (Å²) in [5.41, 5.74) is 0.672. The van der Waals surface area contributed by atoms with Crippen molar-refractivity contribution in [1.29, 1.82) is 0 Å². The molecule has 2 aliphatic rings. The number of nitrogens with one attached hydrogen (secondary N) is 2. The van der Waals surface area contributed by atoms with Crippen LogP contribution in [0.25, 0.3) is 0 Å². The highest BCUT2D eigenvalue weighted by atomic mass is 35.5. The molecule has 2 N–H and O–H groups in total. The lowest BCUT2D eigenvalue weighted by molar-refractivity contribution is -0.124. The Morgan fingerprint density at radius 3 is 2.21 bits per heavy atom. The maximum atomic E-state index is 12.2. The highest BCUT2D eigenvalue weighted by Gasteiger charge is 2.39. The van der Waals surface area contributed by atoms with Crippen LogP contribution in [0, 0.1) is 10.8 Å². The summed E-state index contributed by atoms with van der Waals surface area (Å²) in [6.45, 7) is 10.3. The van der Waals surface area contributed by atoms with Crippen molar-refractivity contribution in [2.24, 2.45) is 10.8 Å². The summed E-state index contributed by atoms with van der Waals surface area (Å²) in [6.07, 6.45) is 5.57. The summed E-state index contributed by atoms with van der Waals surface area (Å²) in [7, 11) is 0. The predicted octanol–water partition coefficient (Wildman–Crippen LogP) is 2.88. The van der Waals surface area contributed by atoms with Gasteiger partial charge in [0.25, 0.3) is 0 Å². The maximum absolute atomic E-state index is 12.2. The monoisotopic (exact) mass is 288 g/mol. The minimum atomic E-state index is 0. The zero-order valence-electron chi connectivity index (χ0n) is 12.7. The molecule has 0 unspecified atom stereocenters. The van der Waals surface area contributed by atoms with Gasteiger partial charge in [-0.3, -0.25) is 4.79 Å². The molecule has 0 spiro atoms. The third-order valence-corrected chi connectivity index (χ3v) is 4.28.